The van der Waals surface area contributed by atoms with Crippen molar-refractivity contribution in [1.82, 2.24) is 20.6 Å². The second kappa shape index (κ2) is 11.4. The first-order valence-corrected chi connectivity index (χ1v) is 13.6. The summed E-state index contributed by atoms with van der Waals surface area (Å²) in [6, 6.07) is 18.6. The number of benzene rings is 3. The quantitative estimate of drug-likeness (QED) is 0.159. The SMILES string of the molecule is CCNC(=O)Nc1cc(-c2nc(-c3ccccc3)cs2)c(-c2ccc3c(O)c(C(=O)NC)cc(NC)c3c2)cn1. The number of phenols is 1. The minimum Gasteiger partial charge on any atom is -0.506 e. The first-order chi connectivity index (χ1) is 19.4. The Bertz CT molecular complexity index is 1720. The number of aromatic hydroxyl groups is 1. The third-order valence-electron chi connectivity index (χ3n) is 6.45. The van der Waals surface area contributed by atoms with Crippen molar-refractivity contribution in [2.24, 2.45) is 0 Å². The third-order valence-corrected chi connectivity index (χ3v) is 7.32. The van der Waals surface area contributed by atoms with Gasteiger partial charge in [-0.2, -0.15) is 0 Å². The van der Waals surface area contributed by atoms with Crippen molar-refractivity contribution >= 4 is 45.6 Å². The fourth-order valence-electron chi connectivity index (χ4n) is 4.48. The number of aromatic nitrogens is 2. The highest BCUT2D eigenvalue weighted by molar-refractivity contribution is 7.13. The summed E-state index contributed by atoms with van der Waals surface area (Å²) in [5.74, 6) is -0.0717. The number of amides is 3. The van der Waals surface area contributed by atoms with Crippen molar-refractivity contribution in [1.29, 1.82) is 0 Å². The lowest BCUT2D eigenvalue weighted by Crippen LogP contribution is -2.28. The summed E-state index contributed by atoms with van der Waals surface area (Å²) in [5, 5.41) is 26.1. The molecule has 0 spiro atoms. The molecular formula is C30H28N6O3S. The monoisotopic (exact) mass is 552 g/mol. The van der Waals surface area contributed by atoms with E-state index < -0.39 is 0 Å². The topological polar surface area (TPSA) is 128 Å². The number of urea groups is 1. The highest BCUT2D eigenvalue weighted by Gasteiger charge is 2.19. The summed E-state index contributed by atoms with van der Waals surface area (Å²) >= 11 is 1.50. The van der Waals surface area contributed by atoms with Crippen LogP contribution in [-0.4, -0.2) is 47.7 Å². The summed E-state index contributed by atoms with van der Waals surface area (Å²) in [5.41, 5.74) is 5.17. The van der Waals surface area contributed by atoms with Crippen molar-refractivity contribution in [2.45, 2.75) is 6.92 Å². The summed E-state index contributed by atoms with van der Waals surface area (Å²) < 4.78 is 0. The van der Waals surface area contributed by atoms with Crippen LogP contribution in [0.2, 0.25) is 0 Å². The summed E-state index contributed by atoms with van der Waals surface area (Å²) in [6.07, 6.45) is 1.71. The van der Waals surface area contributed by atoms with Gasteiger partial charge in [0, 0.05) is 65.4 Å². The van der Waals surface area contributed by atoms with Crippen LogP contribution >= 0.6 is 11.3 Å². The predicted octanol–water partition coefficient (Wildman–Crippen LogP) is 5.94. The van der Waals surface area contributed by atoms with E-state index in [0.717, 1.165) is 38.3 Å². The molecule has 10 heteroatoms. The average Bonchev–Trinajstić information content (AvgIpc) is 3.48. The molecule has 0 saturated heterocycles. The molecule has 0 aliphatic rings. The van der Waals surface area contributed by atoms with Crippen LogP contribution in [0.25, 0.3) is 43.7 Å². The fraction of sp³-hybridized carbons (Fsp3) is 0.133. The maximum Gasteiger partial charge on any atom is 0.320 e. The van der Waals surface area contributed by atoms with Crippen LogP contribution in [0.5, 0.6) is 5.75 Å². The Morgan fingerprint density at radius 1 is 0.950 bits per heavy atom. The molecule has 3 amide bonds. The molecule has 0 bridgehead atoms. The van der Waals surface area contributed by atoms with Crippen LogP contribution in [0.1, 0.15) is 17.3 Å². The van der Waals surface area contributed by atoms with E-state index in [0.29, 0.717) is 23.4 Å². The van der Waals surface area contributed by atoms with E-state index >= 15 is 0 Å². The van der Waals surface area contributed by atoms with Gasteiger partial charge in [-0.15, -0.1) is 11.3 Å². The van der Waals surface area contributed by atoms with Gasteiger partial charge in [-0.25, -0.2) is 14.8 Å². The van der Waals surface area contributed by atoms with Gasteiger partial charge in [0.25, 0.3) is 5.91 Å². The number of carbonyl (C=O) groups is 2. The second-order valence-electron chi connectivity index (χ2n) is 8.91. The Labute approximate surface area is 235 Å². The number of nitrogens with one attached hydrogen (secondary N) is 4. The Morgan fingerprint density at radius 2 is 1.75 bits per heavy atom. The zero-order valence-corrected chi connectivity index (χ0v) is 23.0. The fourth-order valence-corrected chi connectivity index (χ4v) is 5.34. The Balaban J connectivity index is 1.66. The van der Waals surface area contributed by atoms with Crippen LogP contribution in [0.15, 0.2) is 72.2 Å². The van der Waals surface area contributed by atoms with E-state index in [1.807, 2.05) is 60.8 Å². The van der Waals surface area contributed by atoms with Crippen molar-refractivity contribution in [2.75, 3.05) is 31.3 Å². The van der Waals surface area contributed by atoms with Crippen molar-refractivity contribution < 1.29 is 14.7 Å². The molecule has 5 aromatic rings. The summed E-state index contributed by atoms with van der Waals surface area (Å²) in [4.78, 5) is 34.0. The largest absolute Gasteiger partial charge is 0.506 e. The third kappa shape index (κ3) is 5.16. The number of pyridine rings is 1. The van der Waals surface area contributed by atoms with Crippen LogP contribution in [-0.2, 0) is 0 Å². The smallest absolute Gasteiger partial charge is 0.320 e. The minimum absolute atomic E-state index is 0.0906. The lowest BCUT2D eigenvalue weighted by atomic mass is 9.96. The minimum atomic E-state index is -0.375. The van der Waals surface area contributed by atoms with E-state index in [-0.39, 0.29) is 23.3 Å². The maximum absolute atomic E-state index is 12.3. The van der Waals surface area contributed by atoms with Gasteiger partial charge in [-0.05, 0) is 36.8 Å². The number of fused-ring (bicyclic) bond motifs is 1. The van der Waals surface area contributed by atoms with Gasteiger partial charge in [0.05, 0.1) is 11.3 Å². The molecule has 5 rings (SSSR count). The molecule has 0 atom stereocenters. The predicted molar refractivity (Wildman–Crippen MR) is 161 cm³/mol. The highest BCUT2D eigenvalue weighted by Crippen LogP contribution is 2.41. The molecule has 5 N–H and O–H groups in total. The molecule has 202 valence electrons. The molecule has 40 heavy (non-hydrogen) atoms. The average molecular weight is 553 g/mol. The number of carbonyl (C=O) groups excluding carboxylic acids is 2. The molecule has 0 aliphatic heterocycles. The van der Waals surface area contributed by atoms with Gasteiger partial charge in [0.1, 0.15) is 16.6 Å². The Hall–Kier alpha value is -4.96. The molecule has 2 aromatic heterocycles. The molecule has 0 fully saturated rings. The normalized spacial score (nSPS) is 10.8. The standard InChI is InChI=1S/C30H28N6O3S/c1-4-33-30(39)36-26-14-21(29-35-25(16-40-29)17-8-6-5-7-9-17)23(15-34-26)18-10-11-19-20(12-18)24(31-2)13-22(27(19)37)28(38)32-3/h5-16,31,37H,4H2,1-3H3,(H,32,38)(H2,33,34,36,39). The van der Waals surface area contributed by atoms with E-state index in [1.54, 1.807) is 25.4 Å². The van der Waals surface area contributed by atoms with Crippen molar-refractivity contribution in [3.8, 4) is 38.7 Å². The molecular weight excluding hydrogens is 524 g/mol. The number of hydrogen-bond acceptors (Lipinski definition) is 7. The summed E-state index contributed by atoms with van der Waals surface area (Å²) in [7, 11) is 3.29. The number of hydrogen-bond donors (Lipinski definition) is 5. The molecule has 2 heterocycles. The van der Waals surface area contributed by atoms with Gasteiger partial charge in [-0.3, -0.25) is 10.1 Å². The molecule has 0 radical (unpaired) electrons. The number of thiazole rings is 1. The molecule has 0 aliphatic carbocycles. The van der Waals surface area contributed by atoms with Gasteiger partial charge >= 0.3 is 6.03 Å². The lowest BCUT2D eigenvalue weighted by molar-refractivity contribution is 0.0960. The summed E-state index contributed by atoms with van der Waals surface area (Å²) in [6.45, 7) is 2.33. The van der Waals surface area contributed by atoms with Crippen molar-refractivity contribution in [3.05, 3.63) is 77.8 Å². The van der Waals surface area contributed by atoms with Crippen molar-refractivity contribution in [3.63, 3.8) is 0 Å². The number of anilines is 2. The Morgan fingerprint density at radius 3 is 2.48 bits per heavy atom. The molecule has 0 saturated carbocycles. The number of nitrogens with zero attached hydrogens (tertiary/aromatic N) is 2. The molecule has 3 aromatic carbocycles. The first kappa shape index (κ1) is 26.6. The van der Waals surface area contributed by atoms with Gasteiger partial charge in [0.15, 0.2) is 0 Å². The zero-order chi connectivity index (χ0) is 28.2. The van der Waals surface area contributed by atoms with E-state index in [2.05, 4.69) is 26.3 Å². The van der Waals surface area contributed by atoms with Crippen LogP contribution in [0.4, 0.5) is 16.3 Å². The number of rotatable bonds is 7. The highest BCUT2D eigenvalue weighted by atomic mass is 32.1. The molecule has 9 nitrogen and oxygen atoms in total. The zero-order valence-electron chi connectivity index (χ0n) is 22.2. The van der Waals surface area contributed by atoms with E-state index in [4.69, 9.17) is 4.98 Å². The van der Waals surface area contributed by atoms with Crippen LogP contribution < -0.4 is 21.3 Å². The number of phenolic OH excluding ortho intramolecular Hbond substituents is 1. The van der Waals surface area contributed by atoms with E-state index in [9.17, 15) is 14.7 Å². The second-order valence-corrected chi connectivity index (χ2v) is 9.77. The molecule has 0 unspecified atom stereocenters. The van der Waals surface area contributed by atoms with Gasteiger partial charge in [-0.1, -0.05) is 36.4 Å². The van der Waals surface area contributed by atoms with E-state index in [1.165, 1.54) is 18.4 Å². The first-order valence-electron chi connectivity index (χ1n) is 12.7. The van der Waals surface area contributed by atoms with Crippen LogP contribution in [0, 0.1) is 0 Å². The maximum atomic E-state index is 12.3. The van der Waals surface area contributed by atoms with Gasteiger partial charge in [0.2, 0.25) is 0 Å². The Kier molecular flexibility index (Phi) is 7.61. The van der Waals surface area contributed by atoms with Crippen LogP contribution in [0.3, 0.4) is 0 Å². The van der Waals surface area contributed by atoms with Gasteiger partial charge < -0.3 is 21.1 Å². The lowest BCUT2D eigenvalue weighted by Gasteiger charge is -2.15.